The number of esters is 1. The second-order valence-corrected chi connectivity index (χ2v) is 15.4. The molecule has 1 aromatic heterocycles. The molecule has 0 unspecified atom stereocenters. The Bertz CT molecular complexity index is 2400. The molecular formula is C42H46O23. The zero-order valence-electron chi connectivity index (χ0n) is 33.8. The molecule has 0 amide bonds. The largest absolute Gasteiger partial charge is 0.508 e. The summed E-state index contributed by atoms with van der Waals surface area (Å²) in [6.45, 7) is -0.125. The van der Waals surface area contributed by atoms with Crippen molar-refractivity contribution in [3.63, 3.8) is 0 Å². The van der Waals surface area contributed by atoms with Gasteiger partial charge in [0.15, 0.2) is 23.5 Å². The van der Waals surface area contributed by atoms with Gasteiger partial charge in [0.1, 0.15) is 102 Å². The third-order valence-electron chi connectivity index (χ3n) is 10.9. The van der Waals surface area contributed by atoms with Crippen LogP contribution in [0.5, 0.6) is 34.5 Å². The molecule has 65 heavy (non-hydrogen) atoms. The van der Waals surface area contributed by atoms with Crippen LogP contribution in [-0.2, 0) is 28.5 Å². The predicted octanol–water partition coefficient (Wildman–Crippen LogP) is -2.24. The first-order valence-corrected chi connectivity index (χ1v) is 19.9. The third-order valence-corrected chi connectivity index (χ3v) is 10.9. The Balaban J connectivity index is 1.12. The molecule has 0 radical (unpaired) electrons. The molecule has 3 fully saturated rings. The Kier molecular flexibility index (Phi) is 14.2. The molecule has 15 atom stereocenters. The number of rotatable bonds is 12. The molecule has 0 bridgehead atoms. The van der Waals surface area contributed by atoms with E-state index in [1.807, 2.05) is 0 Å². The van der Waals surface area contributed by atoms with Gasteiger partial charge in [0.2, 0.25) is 23.8 Å². The first-order chi connectivity index (χ1) is 30.9. The number of benzene rings is 3. The molecule has 0 spiro atoms. The Morgan fingerprint density at radius 1 is 0.677 bits per heavy atom. The number of phenols is 4. The number of ether oxygens (including phenoxy) is 7. The third kappa shape index (κ3) is 9.83. The highest BCUT2D eigenvalue weighted by Crippen LogP contribution is 2.40. The predicted molar refractivity (Wildman–Crippen MR) is 214 cm³/mol. The maximum atomic E-state index is 14.1. The fourth-order valence-corrected chi connectivity index (χ4v) is 7.24. The summed E-state index contributed by atoms with van der Waals surface area (Å²) in [5, 5.41) is 136. The van der Waals surface area contributed by atoms with Crippen LogP contribution in [0.2, 0.25) is 0 Å². The van der Waals surface area contributed by atoms with Crippen molar-refractivity contribution in [3.8, 4) is 45.8 Å². The number of hydrogen-bond acceptors (Lipinski definition) is 23. The summed E-state index contributed by atoms with van der Waals surface area (Å²) in [5.41, 5.74) is -1.11. The van der Waals surface area contributed by atoms with Gasteiger partial charge in [0.25, 0.3) is 0 Å². The van der Waals surface area contributed by atoms with Crippen LogP contribution in [0.4, 0.5) is 0 Å². The Morgan fingerprint density at radius 2 is 1.32 bits per heavy atom. The molecule has 23 nitrogen and oxygen atoms in total. The molecule has 352 valence electrons. The lowest BCUT2D eigenvalue weighted by Gasteiger charge is -2.45. The van der Waals surface area contributed by atoms with Crippen molar-refractivity contribution in [2.24, 2.45) is 0 Å². The van der Waals surface area contributed by atoms with E-state index in [-0.39, 0.29) is 17.1 Å². The van der Waals surface area contributed by atoms with Crippen molar-refractivity contribution in [2.75, 3.05) is 13.2 Å². The quantitative estimate of drug-likeness (QED) is 0.0406. The molecule has 4 aromatic rings. The van der Waals surface area contributed by atoms with Gasteiger partial charge < -0.3 is 104 Å². The molecule has 4 heterocycles. The maximum Gasteiger partial charge on any atom is 0.330 e. The first kappa shape index (κ1) is 47.3. The van der Waals surface area contributed by atoms with Crippen LogP contribution in [0, 0.1) is 0 Å². The van der Waals surface area contributed by atoms with Crippen LogP contribution in [0.25, 0.3) is 28.4 Å². The van der Waals surface area contributed by atoms with Gasteiger partial charge in [0.05, 0.1) is 12.7 Å². The van der Waals surface area contributed by atoms with Gasteiger partial charge in [-0.15, -0.1) is 0 Å². The van der Waals surface area contributed by atoms with Gasteiger partial charge >= 0.3 is 5.97 Å². The van der Waals surface area contributed by atoms with Gasteiger partial charge in [-0.3, -0.25) is 4.79 Å². The number of fused-ring (bicyclic) bond motifs is 1. The number of aliphatic hydroxyl groups is 9. The number of hydrogen-bond donors (Lipinski definition) is 13. The highest BCUT2D eigenvalue weighted by atomic mass is 16.7. The second kappa shape index (κ2) is 19.4. The summed E-state index contributed by atoms with van der Waals surface area (Å²) in [4.78, 5) is 26.5. The Hall–Kier alpha value is -5.64. The van der Waals surface area contributed by atoms with E-state index in [1.165, 1.54) is 43.3 Å². The zero-order valence-corrected chi connectivity index (χ0v) is 33.8. The minimum absolute atomic E-state index is 0.0134. The van der Waals surface area contributed by atoms with Crippen molar-refractivity contribution in [2.45, 2.75) is 99.0 Å². The number of carbonyl (C=O) groups excluding carboxylic acids is 1. The van der Waals surface area contributed by atoms with E-state index in [9.17, 15) is 76.0 Å². The topological polar surface area (TPSA) is 375 Å². The molecule has 0 aliphatic carbocycles. The smallest absolute Gasteiger partial charge is 0.330 e. The summed E-state index contributed by atoms with van der Waals surface area (Å²) in [5.74, 6) is -4.52. The van der Waals surface area contributed by atoms with E-state index in [0.29, 0.717) is 5.56 Å². The molecular weight excluding hydrogens is 872 g/mol. The van der Waals surface area contributed by atoms with Crippen molar-refractivity contribution in [1.29, 1.82) is 0 Å². The lowest BCUT2D eigenvalue weighted by Crippen LogP contribution is -2.64. The second-order valence-electron chi connectivity index (χ2n) is 15.4. The van der Waals surface area contributed by atoms with Gasteiger partial charge in [-0.05, 0) is 48.9 Å². The molecule has 3 aromatic carbocycles. The van der Waals surface area contributed by atoms with Crippen LogP contribution < -0.4 is 14.9 Å². The van der Waals surface area contributed by atoms with E-state index < -0.39 is 156 Å². The molecule has 3 aliphatic rings. The van der Waals surface area contributed by atoms with Crippen molar-refractivity contribution >= 4 is 23.0 Å². The van der Waals surface area contributed by atoms with Crippen LogP contribution in [0.3, 0.4) is 0 Å². The van der Waals surface area contributed by atoms with Gasteiger partial charge in [0, 0.05) is 23.8 Å². The lowest BCUT2D eigenvalue weighted by molar-refractivity contribution is -0.350. The van der Waals surface area contributed by atoms with E-state index >= 15 is 0 Å². The number of aromatic hydroxyl groups is 4. The van der Waals surface area contributed by atoms with Crippen LogP contribution >= 0.6 is 0 Å². The fraction of sp³-hybridized carbons (Fsp3) is 0.429. The minimum atomic E-state index is -1.99. The highest BCUT2D eigenvalue weighted by molar-refractivity contribution is 5.89. The molecule has 7 rings (SSSR count). The fourth-order valence-electron chi connectivity index (χ4n) is 7.24. The highest BCUT2D eigenvalue weighted by Gasteiger charge is 2.51. The van der Waals surface area contributed by atoms with Gasteiger partial charge in [-0.2, -0.15) is 0 Å². The van der Waals surface area contributed by atoms with Crippen LogP contribution in [0.15, 0.2) is 69.9 Å². The average molecular weight is 919 g/mol. The van der Waals surface area contributed by atoms with Crippen molar-refractivity contribution in [3.05, 3.63) is 76.5 Å². The zero-order chi connectivity index (χ0) is 47.0. The molecule has 3 aliphatic heterocycles. The molecule has 23 heteroatoms. The Labute approximate surface area is 365 Å². The molecule has 3 saturated heterocycles. The summed E-state index contributed by atoms with van der Waals surface area (Å²) in [7, 11) is 0. The monoisotopic (exact) mass is 918 g/mol. The van der Waals surface area contributed by atoms with Crippen LogP contribution in [-0.4, -0.2) is 178 Å². The normalized spacial score (nSPS) is 32.9. The minimum Gasteiger partial charge on any atom is -0.508 e. The van der Waals surface area contributed by atoms with E-state index in [2.05, 4.69) is 0 Å². The van der Waals surface area contributed by atoms with E-state index in [1.54, 1.807) is 0 Å². The summed E-state index contributed by atoms with van der Waals surface area (Å²) >= 11 is 0. The number of aliphatic hydroxyl groups excluding tert-OH is 9. The molecule has 13 N–H and O–H groups in total. The van der Waals surface area contributed by atoms with E-state index in [4.69, 9.17) is 37.6 Å². The van der Waals surface area contributed by atoms with Crippen molar-refractivity contribution < 1.29 is 109 Å². The Morgan fingerprint density at radius 3 is 2.00 bits per heavy atom. The lowest BCUT2D eigenvalue weighted by atomic mass is 9.97. The summed E-state index contributed by atoms with van der Waals surface area (Å²) in [6, 6.07) is 11.0. The number of carbonyl (C=O) groups is 1. The standard InChI is InChI=1S/C42H46O23/c1-15-28(49)38(64-41-35(56)33(54)30(51)25(63-41)14-58-26(48)9-4-16-2-6-18(44)7-3-16)36(57)42(59-15)60-19-11-22(47)27-23(12-19)61-37(17-5-8-20(45)21(46)10-17)39(31(27)52)65-40-34(55)32(53)29(50)24(13-43)62-40/h2-12,15,24-25,28-30,32-36,38,40-47,49-51,53-57H,13-14H2,1H3/b9-4+/t15-,24+,25+,28-,29+,30+,32-,33-,34+,35+,36+,38+,40-,41-,42-/m0/s1. The first-order valence-electron chi connectivity index (χ1n) is 19.9. The van der Waals surface area contributed by atoms with Crippen molar-refractivity contribution in [1.82, 2.24) is 0 Å². The summed E-state index contributed by atoms with van der Waals surface area (Å²) < 4.78 is 45.1. The van der Waals surface area contributed by atoms with Crippen LogP contribution in [0.1, 0.15) is 12.5 Å². The average Bonchev–Trinajstić information content (AvgIpc) is 3.27. The molecule has 0 saturated carbocycles. The SMILES string of the molecule is C[C@@H]1O[C@@H](Oc2cc(O)c3c(=O)c(O[C@@H]4O[C@H](CO)[C@@H](O)[C@H](O)[C@H]4O)c(-c4ccc(O)c(O)c4)oc3c2)[C@H](O)[C@H](O[C@@H]2O[C@H](COC(=O)/C=C/c3ccc(O)cc3)[C@@H](O)[C@H](O)[C@H]2O)[C@H]1O. The van der Waals surface area contributed by atoms with Gasteiger partial charge in [-0.25, -0.2) is 4.79 Å². The van der Waals surface area contributed by atoms with E-state index in [0.717, 1.165) is 30.3 Å². The number of phenolic OH excluding ortho intramolecular Hbond substituents is 4. The summed E-state index contributed by atoms with van der Waals surface area (Å²) in [6.07, 6.45) is -23.9. The van der Waals surface area contributed by atoms with Gasteiger partial charge in [-0.1, -0.05) is 12.1 Å². The maximum absolute atomic E-state index is 14.1.